The molecule has 4 aromatic rings. The summed E-state index contributed by atoms with van der Waals surface area (Å²) < 4.78 is 18.1. The van der Waals surface area contributed by atoms with E-state index < -0.39 is 18.3 Å². The maximum Gasteiger partial charge on any atom is 0.325 e. The highest BCUT2D eigenvalue weighted by atomic mass is 32.2. The average molecular weight is 698 g/mol. The van der Waals surface area contributed by atoms with Gasteiger partial charge < -0.3 is 35.3 Å². The normalized spacial score (nSPS) is 18.6. The second-order valence-corrected chi connectivity index (χ2v) is 13.1. The van der Waals surface area contributed by atoms with Crippen LogP contribution in [0.1, 0.15) is 55.4 Å². The molecule has 1 saturated heterocycles. The lowest BCUT2D eigenvalue weighted by Gasteiger charge is -2.41. The Morgan fingerprint density at radius 2 is 1.56 bits per heavy atom. The molecular weight excluding hydrogens is 655 g/mol. The molecule has 5 rings (SSSR count). The number of thioether (sulfide) groups is 1. The predicted octanol–water partition coefficient (Wildman–Crippen LogP) is 6.75. The second kappa shape index (κ2) is 17.8. The molecule has 3 amide bonds. The molecule has 262 valence electrons. The molecular formula is C39H43N3O7S. The van der Waals surface area contributed by atoms with Crippen molar-refractivity contribution in [3.63, 3.8) is 0 Å². The van der Waals surface area contributed by atoms with E-state index in [1.807, 2.05) is 97.1 Å². The third-order valence-electron chi connectivity index (χ3n) is 8.36. The van der Waals surface area contributed by atoms with Crippen LogP contribution in [0.4, 0.5) is 10.5 Å². The minimum Gasteiger partial charge on any atom is -0.465 e. The van der Waals surface area contributed by atoms with Gasteiger partial charge in [-0.1, -0.05) is 79.7 Å². The van der Waals surface area contributed by atoms with Gasteiger partial charge in [0.2, 0.25) is 5.91 Å². The molecule has 0 aromatic heterocycles. The Morgan fingerprint density at radius 1 is 0.860 bits per heavy atom. The zero-order valence-electron chi connectivity index (χ0n) is 28.4. The summed E-state index contributed by atoms with van der Waals surface area (Å²) in [5, 5.41) is 17.7. The fourth-order valence-corrected chi connectivity index (χ4v) is 6.77. The lowest BCUT2D eigenvalue weighted by atomic mass is 9.91. The molecule has 0 saturated carbocycles. The number of amides is 3. The van der Waals surface area contributed by atoms with Gasteiger partial charge in [-0.3, -0.25) is 9.59 Å². The van der Waals surface area contributed by atoms with Gasteiger partial charge in [0.05, 0.1) is 25.4 Å². The number of urea groups is 1. The van der Waals surface area contributed by atoms with Crippen LogP contribution in [-0.2, 0) is 37.0 Å². The first kappa shape index (κ1) is 36.6. The molecule has 1 fully saturated rings. The Kier molecular flexibility index (Phi) is 13.0. The van der Waals surface area contributed by atoms with Crippen LogP contribution in [-0.4, -0.2) is 48.0 Å². The number of ether oxygens (including phenoxy) is 3. The summed E-state index contributed by atoms with van der Waals surface area (Å²) in [5.74, 6) is 0.124. The van der Waals surface area contributed by atoms with E-state index in [9.17, 15) is 19.5 Å². The van der Waals surface area contributed by atoms with E-state index >= 15 is 0 Å². The highest BCUT2D eigenvalue weighted by Crippen LogP contribution is 2.43. The van der Waals surface area contributed by atoms with Crippen LogP contribution in [0.5, 0.6) is 0 Å². The summed E-state index contributed by atoms with van der Waals surface area (Å²) in [5.41, 5.74) is 6.33. The van der Waals surface area contributed by atoms with Gasteiger partial charge in [0.1, 0.15) is 6.54 Å². The van der Waals surface area contributed by atoms with Gasteiger partial charge >= 0.3 is 12.0 Å². The molecule has 0 unspecified atom stereocenters. The van der Waals surface area contributed by atoms with E-state index in [-0.39, 0.29) is 50.3 Å². The molecule has 4 N–H and O–H groups in total. The molecule has 0 aliphatic carbocycles. The number of esters is 1. The smallest absolute Gasteiger partial charge is 0.325 e. The van der Waals surface area contributed by atoms with Crippen molar-refractivity contribution in [1.82, 2.24) is 10.6 Å². The Bertz CT molecular complexity index is 1730. The van der Waals surface area contributed by atoms with Crippen LogP contribution in [0, 0.1) is 5.92 Å². The number of aliphatic hydroxyl groups excluding tert-OH is 1. The Labute approximate surface area is 296 Å². The zero-order valence-corrected chi connectivity index (χ0v) is 29.2. The first-order valence-electron chi connectivity index (χ1n) is 16.6. The van der Waals surface area contributed by atoms with E-state index in [1.165, 1.54) is 6.92 Å². The Hall–Kier alpha value is -4.68. The molecule has 11 heteroatoms. The summed E-state index contributed by atoms with van der Waals surface area (Å²) in [6.45, 7) is 5.63. The van der Waals surface area contributed by atoms with Crippen molar-refractivity contribution in [2.45, 2.75) is 57.3 Å². The molecule has 50 heavy (non-hydrogen) atoms. The second-order valence-electron chi connectivity index (χ2n) is 12.0. The molecule has 4 atom stereocenters. The summed E-state index contributed by atoms with van der Waals surface area (Å²) in [4.78, 5) is 36.4. The molecule has 1 aliphatic rings. The van der Waals surface area contributed by atoms with E-state index in [0.717, 1.165) is 44.0 Å². The number of hydrogen-bond acceptors (Lipinski definition) is 8. The maximum absolute atomic E-state index is 12.3. The fraction of sp³-hybridized carbons (Fsp3) is 0.308. The van der Waals surface area contributed by atoms with Gasteiger partial charge in [0.25, 0.3) is 0 Å². The molecule has 4 aromatic carbocycles. The standard InChI is InChI=1S/C39H43N3O7S/c1-4-47-36(45)22-41-39(46)40-21-31-7-5-6-8-34(31)28-13-15-30(16-14-28)38-48-35(24-50-33-19-17-32(18-20-33)42-26(3)44)25(2)37(49-38)29-11-9-27(23-43)10-12-29/h5-20,25,35,37-38,43H,4,21-24H2,1-3H3,(H,42,44)(H2,40,41,46)/t25-,35+,37+,38+/m0/s1. The van der Waals surface area contributed by atoms with Crippen LogP contribution in [0.15, 0.2) is 102 Å². The summed E-state index contributed by atoms with van der Waals surface area (Å²) in [7, 11) is 0. The highest BCUT2D eigenvalue weighted by molar-refractivity contribution is 7.99. The van der Waals surface area contributed by atoms with Crippen LogP contribution in [0.25, 0.3) is 11.1 Å². The number of benzene rings is 4. The summed E-state index contributed by atoms with van der Waals surface area (Å²) >= 11 is 1.69. The van der Waals surface area contributed by atoms with E-state index in [2.05, 4.69) is 22.9 Å². The predicted molar refractivity (Wildman–Crippen MR) is 193 cm³/mol. The molecule has 0 bridgehead atoms. The van der Waals surface area contributed by atoms with Crippen molar-refractivity contribution in [3.8, 4) is 11.1 Å². The van der Waals surface area contributed by atoms with Crippen LogP contribution >= 0.6 is 11.8 Å². The third kappa shape index (κ3) is 9.95. The summed E-state index contributed by atoms with van der Waals surface area (Å²) in [6, 6.07) is 31.0. The fourth-order valence-electron chi connectivity index (χ4n) is 5.70. The first-order chi connectivity index (χ1) is 24.2. The molecule has 0 spiro atoms. The van der Waals surface area contributed by atoms with E-state index in [4.69, 9.17) is 14.2 Å². The van der Waals surface area contributed by atoms with Crippen LogP contribution in [0.3, 0.4) is 0 Å². The van der Waals surface area contributed by atoms with Crippen molar-refractivity contribution in [1.29, 1.82) is 0 Å². The first-order valence-corrected chi connectivity index (χ1v) is 17.6. The molecule has 1 heterocycles. The van der Waals surface area contributed by atoms with Gasteiger partial charge in [-0.05, 0) is 59.0 Å². The van der Waals surface area contributed by atoms with Gasteiger partial charge in [-0.25, -0.2) is 4.79 Å². The van der Waals surface area contributed by atoms with Gasteiger partial charge in [-0.2, -0.15) is 0 Å². The largest absolute Gasteiger partial charge is 0.465 e. The van der Waals surface area contributed by atoms with Gasteiger partial charge in [0.15, 0.2) is 6.29 Å². The van der Waals surface area contributed by atoms with Gasteiger partial charge in [-0.15, -0.1) is 11.8 Å². The quantitative estimate of drug-likeness (QED) is 0.0891. The molecule has 1 aliphatic heterocycles. The summed E-state index contributed by atoms with van der Waals surface area (Å²) in [6.07, 6.45) is -0.996. The van der Waals surface area contributed by atoms with Crippen LogP contribution in [0.2, 0.25) is 0 Å². The van der Waals surface area contributed by atoms with Crippen molar-refractivity contribution >= 4 is 35.4 Å². The maximum atomic E-state index is 12.3. The Balaban J connectivity index is 1.30. The third-order valence-corrected chi connectivity index (χ3v) is 9.46. The zero-order chi connectivity index (χ0) is 35.5. The van der Waals surface area contributed by atoms with Gasteiger partial charge in [0, 0.05) is 41.3 Å². The number of rotatable bonds is 13. The van der Waals surface area contributed by atoms with Crippen LogP contribution < -0.4 is 16.0 Å². The number of carbonyl (C=O) groups is 3. The molecule has 10 nitrogen and oxygen atoms in total. The van der Waals surface area contributed by atoms with Crippen molar-refractivity contribution in [2.24, 2.45) is 5.92 Å². The number of nitrogens with one attached hydrogen (secondary N) is 3. The monoisotopic (exact) mass is 697 g/mol. The highest BCUT2D eigenvalue weighted by Gasteiger charge is 2.38. The number of aliphatic hydroxyl groups is 1. The lowest BCUT2D eigenvalue weighted by molar-refractivity contribution is -0.268. The van der Waals surface area contributed by atoms with E-state index in [1.54, 1.807) is 18.7 Å². The number of carbonyl (C=O) groups excluding carboxylic acids is 3. The van der Waals surface area contributed by atoms with Crippen molar-refractivity contribution in [2.75, 3.05) is 24.2 Å². The topological polar surface area (TPSA) is 135 Å². The Morgan fingerprint density at radius 3 is 2.24 bits per heavy atom. The lowest BCUT2D eigenvalue weighted by Crippen LogP contribution is -2.38. The van der Waals surface area contributed by atoms with E-state index in [0.29, 0.717) is 5.75 Å². The average Bonchev–Trinajstić information content (AvgIpc) is 3.13. The number of hydrogen-bond donors (Lipinski definition) is 4. The minimum absolute atomic E-state index is 0.0265. The minimum atomic E-state index is -0.615. The number of anilines is 1. The van der Waals surface area contributed by atoms with Crippen molar-refractivity contribution < 1.29 is 33.7 Å². The van der Waals surface area contributed by atoms with Crippen molar-refractivity contribution in [3.05, 3.63) is 119 Å². The SMILES string of the molecule is CCOC(=O)CNC(=O)NCc1ccccc1-c1ccc([C@@H]2O[C@H](CSc3ccc(NC(C)=O)cc3)[C@H](C)[C@H](c3ccc(CO)cc3)O2)cc1. The molecule has 0 radical (unpaired) electrons.